The topological polar surface area (TPSA) is 93.5 Å². The molecule has 8 nitrogen and oxygen atoms in total. The second kappa shape index (κ2) is 11.7. The molecule has 1 atom stereocenters. The molecule has 2 heterocycles. The minimum Gasteiger partial charge on any atom is -0.376 e. The number of nitrogens with one attached hydrogen (secondary N) is 1. The van der Waals surface area contributed by atoms with Crippen LogP contribution in [0.2, 0.25) is 5.02 Å². The van der Waals surface area contributed by atoms with Crippen LogP contribution in [0.4, 0.5) is 10.5 Å². The van der Waals surface area contributed by atoms with E-state index in [0.29, 0.717) is 35.1 Å². The van der Waals surface area contributed by atoms with E-state index >= 15 is 0 Å². The maximum atomic E-state index is 13.3. The molecule has 1 aliphatic heterocycles. The summed E-state index contributed by atoms with van der Waals surface area (Å²) in [7, 11) is -3.73. The van der Waals surface area contributed by atoms with Gasteiger partial charge in [0.05, 0.1) is 30.3 Å². The van der Waals surface area contributed by atoms with Crippen molar-refractivity contribution in [2.24, 2.45) is 0 Å². The number of urea groups is 1. The average Bonchev–Trinajstić information content (AvgIpc) is 3.50. The Bertz CT molecular complexity index is 1300. The Morgan fingerprint density at radius 1 is 1.25 bits per heavy atom. The van der Waals surface area contributed by atoms with Gasteiger partial charge in [-0.15, -0.1) is 6.58 Å². The van der Waals surface area contributed by atoms with Crippen molar-refractivity contribution in [2.45, 2.75) is 42.9 Å². The van der Waals surface area contributed by atoms with E-state index in [1.54, 1.807) is 64.1 Å². The molecule has 36 heavy (non-hydrogen) atoms. The van der Waals surface area contributed by atoms with E-state index in [4.69, 9.17) is 16.3 Å². The number of hydrogen-bond acceptors (Lipinski definition) is 5. The van der Waals surface area contributed by atoms with Gasteiger partial charge in [-0.2, -0.15) is 0 Å². The summed E-state index contributed by atoms with van der Waals surface area (Å²) in [5, 5.41) is 3.34. The lowest BCUT2D eigenvalue weighted by atomic mass is 10.2. The highest BCUT2D eigenvalue weighted by molar-refractivity contribution is 7.90. The van der Waals surface area contributed by atoms with Gasteiger partial charge >= 0.3 is 6.03 Å². The first-order valence-electron chi connectivity index (χ1n) is 11.7. The molecule has 10 heteroatoms. The molecular weight excluding hydrogens is 500 g/mol. The highest BCUT2D eigenvalue weighted by atomic mass is 35.5. The van der Waals surface area contributed by atoms with Gasteiger partial charge in [-0.3, -0.25) is 0 Å². The second-order valence-corrected chi connectivity index (χ2v) is 11.0. The smallest absolute Gasteiger partial charge is 0.322 e. The molecule has 0 saturated carbocycles. The molecule has 0 aliphatic carbocycles. The summed E-state index contributed by atoms with van der Waals surface area (Å²) in [6.07, 6.45) is 4.82. The normalized spacial score (nSPS) is 15.5. The predicted molar refractivity (Wildman–Crippen MR) is 140 cm³/mol. The number of aromatic nitrogens is 2. The van der Waals surface area contributed by atoms with Gasteiger partial charge in [-0.05, 0) is 36.6 Å². The molecular formula is C26H29ClN4O4S. The molecule has 0 bridgehead atoms. The summed E-state index contributed by atoms with van der Waals surface area (Å²) < 4.78 is 33.8. The molecule has 3 aromatic rings. The van der Waals surface area contributed by atoms with Crippen LogP contribution in [0.25, 0.3) is 0 Å². The van der Waals surface area contributed by atoms with E-state index in [9.17, 15) is 13.2 Å². The summed E-state index contributed by atoms with van der Waals surface area (Å²) in [4.78, 5) is 19.2. The fraction of sp³-hybridized carbons (Fsp3) is 0.308. The minimum absolute atomic E-state index is 0.0476. The number of carbonyl (C=O) groups is 1. The molecule has 0 radical (unpaired) electrons. The van der Waals surface area contributed by atoms with Gasteiger partial charge in [0.2, 0.25) is 15.0 Å². The van der Waals surface area contributed by atoms with Crippen LogP contribution in [0.5, 0.6) is 0 Å². The van der Waals surface area contributed by atoms with Crippen molar-refractivity contribution in [1.82, 2.24) is 14.5 Å². The third kappa shape index (κ3) is 6.54. The largest absolute Gasteiger partial charge is 0.376 e. The van der Waals surface area contributed by atoms with Gasteiger partial charge in [-0.25, -0.2) is 18.2 Å². The number of rotatable bonds is 10. The van der Waals surface area contributed by atoms with Crippen LogP contribution in [0.15, 0.2) is 78.6 Å². The second-order valence-electron chi connectivity index (χ2n) is 8.63. The molecule has 190 valence electrons. The number of carbonyl (C=O) groups excluding carboxylic acids is 1. The number of allylic oxidation sites excluding steroid dienone is 1. The van der Waals surface area contributed by atoms with Crippen molar-refractivity contribution >= 4 is 33.2 Å². The highest BCUT2D eigenvalue weighted by Crippen LogP contribution is 2.22. The Labute approximate surface area is 216 Å². The molecule has 1 fully saturated rings. The summed E-state index contributed by atoms with van der Waals surface area (Å²) in [5.74, 6) is -0.170. The Hall–Kier alpha value is -3.14. The van der Waals surface area contributed by atoms with Gasteiger partial charge in [0.25, 0.3) is 0 Å². The molecule has 1 aliphatic rings. The fourth-order valence-electron chi connectivity index (χ4n) is 4.17. The lowest BCUT2D eigenvalue weighted by Crippen LogP contribution is -2.40. The zero-order valence-electron chi connectivity index (χ0n) is 19.8. The summed E-state index contributed by atoms with van der Waals surface area (Å²) in [6, 6.07) is 15.5. The minimum atomic E-state index is -3.73. The van der Waals surface area contributed by atoms with Crippen LogP contribution in [0, 0.1) is 0 Å². The van der Waals surface area contributed by atoms with Crippen molar-refractivity contribution in [2.75, 3.05) is 18.5 Å². The van der Waals surface area contributed by atoms with Crippen molar-refractivity contribution in [1.29, 1.82) is 0 Å². The third-order valence-corrected chi connectivity index (χ3v) is 7.69. The number of benzene rings is 2. The van der Waals surface area contributed by atoms with E-state index in [2.05, 4.69) is 16.9 Å². The van der Waals surface area contributed by atoms with Gasteiger partial charge in [0.15, 0.2) is 0 Å². The maximum Gasteiger partial charge on any atom is 0.322 e. The van der Waals surface area contributed by atoms with E-state index in [-0.39, 0.29) is 36.1 Å². The number of hydrogen-bond donors (Lipinski definition) is 1. The number of nitrogens with zero attached hydrogens (tertiary/aromatic N) is 3. The van der Waals surface area contributed by atoms with Gasteiger partial charge < -0.3 is 19.5 Å². The van der Waals surface area contributed by atoms with Gasteiger partial charge in [-0.1, -0.05) is 54.1 Å². The third-order valence-electron chi connectivity index (χ3n) is 5.85. The monoisotopic (exact) mass is 528 g/mol. The lowest BCUT2D eigenvalue weighted by Gasteiger charge is -2.26. The first-order valence-corrected chi connectivity index (χ1v) is 13.7. The summed E-state index contributed by atoms with van der Waals surface area (Å²) >= 11 is 6.07. The van der Waals surface area contributed by atoms with E-state index in [1.165, 1.54) is 6.20 Å². The fourth-order valence-corrected chi connectivity index (χ4v) is 5.86. The maximum absolute atomic E-state index is 13.3. The molecule has 2 aromatic carbocycles. The Balaban J connectivity index is 1.60. The lowest BCUT2D eigenvalue weighted by molar-refractivity contribution is 0.0813. The standard InChI is InChI=1S/C26H29ClN4O4S/c1-2-13-31-23(16-28-26(31)36(33,34)19-20-8-4-3-5-9-20)17-30(18-24-12-7-14-35-24)25(32)29-22-11-6-10-21(27)15-22/h2-6,8-11,15-16,24H,1,7,12-14,17-19H2,(H,29,32). The molecule has 1 saturated heterocycles. The average molecular weight is 529 g/mol. The first kappa shape index (κ1) is 25.9. The zero-order valence-corrected chi connectivity index (χ0v) is 21.4. The van der Waals surface area contributed by atoms with Gasteiger partial charge in [0, 0.05) is 30.4 Å². The van der Waals surface area contributed by atoms with Crippen molar-refractivity contribution in [3.05, 3.63) is 89.7 Å². The highest BCUT2D eigenvalue weighted by Gasteiger charge is 2.27. The molecule has 1 unspecified atom stereocenters. The number of anilines is 1. The summed E-state index contributed by atoms with van der Waals surface area (Å²) in [5.41, 5.74) is 1.82. The zero-order chi connectivity index (χ0) is 25.5. The molecule has 4 rings (SSSR count). The number of ether oxygens (including phenoxy) is 1. The number of imidazole rings is 1. The van der Waals surface area contributed by atoms with E-state index in [0.717, 1.165) is 12.8 Å². The number of sulfone groups is 1. The van der Waals surface area contributed by atoms with Crippen LogP contribution < -0.4 is 5.32 Å². The molecule has 1 N–H and O–H groups in total. The summed E-state index contributed by atoms with van der Waals surface area (Å²) in [6.45, 7) is 5.18. The molecule has 1 aromatic heterocycles. The van der Waals surface area contributed by atoms with Crippen LogP contribution in [-0.2, 0) is 33.4 Å². The first-order chi connectivity index (χ1) is 17.4. The Morgan fingerprint density at radius 3 is 2.75 bits per heavy atom. The predicted octanol–water partition coefficient (Wildman–Crippen LogP) is 4.91. The molecule has 2 amide bonds. The van der Waals surface area contributed by atoms with E-state index in [1.807, 2.05) is 6.07 Å². The number of halogens is 1. The molecule has 0 spiro atoms. The van der Waals surface area contributed by atoms with Crippen LogP contribution in [0.1, 0.15) is 24.1 Å². The van der Waals surface area contributed by atoms with Crippen molar-refractivity contribution in [3.63, 3.8) is 0 Å². The SMILES string of the molecule is C=CCn1c(CN(CC2CCCO2)C(=O)Nc2cccc(Cl)c2)cnc1S(=O)(=O)Cc1ccccc1. The van der Waals surface area contributed by atoms with Crippen molar-refractivity contribution in [3.8, 4) is 0 Å². The quantitative estimate of drug-likeness (QED) is 0.377. The van der Waals surface area contributed by atoms with Crippen molar-refractivity contribution < 1.29 is 17.9 Å². The van der Waals surface area contributed by atoms with Crippen LogP contribution in [-0.4, -0.2) is 48.2 Å². The Morgan fingerprint density at radius 2 is 2.06 bits per heavy atom. The Kier molecular flexibility index (Phi) is 8.45. The number of amides is 2. The van der Waals surface area contributed by atoms with Crippen LogP contribution >= 0.6 is 11.6 Å². The van der Waals surface area contributed by atoms with Gasteiger partial charge in [0.1, 0.15) is 0 Å². The van der Waals surface area contributed by atoms with E-state index < -0.39 is 9.84 Å². The van der Waals surface area contributed by atoms with Crippen LogP contribution in [0.3, 0.4) is 0 Å².